The molecule has 0 spiro atoms. The molecule has 0 aromatic heterocycles. The third-order valence-electron chi connectivity index (χ3n) is 5.66. The Morgan fingerprint density at radius 3 is 2.34 bits per heavy atom. The second-order valence-corrected chi connectivity index (χ2v) is 11.0. The molecule has 2 aromatic rings. The predicted octanol–water partition coefficient (Wildman–Crippen LogP) is 5.07. The van der Waals surface area contributed by atoms with Crippen molar-refractivity contribution in [3.05, 3.63) is 77.9 Å². The quantitative estimate of drug-likeness (QED) is 0.310. The van der Waals surface area contributed by atoms with Crippen molar-refractivity contribution >= 4 is 7.60 Å². The lowest BCUT2D eigenvalue weighted by atomic mass is 10.1. The van der Waals surface area contributed by atoms with E-state index in [1.807, 2.05) is 74.5 Å². The molecule has 35 heavy (non-hydrogen) atoms. The molecule has 0 saturated carbocycles. The molecule has 2 heterocycles. The summed E-state index contributed by atoms with van der Waals surface area (Å²) in [5.74, 6) is 0.0445. The largest absolute Gasteiger partial charge is 0.497 e. The van der Waals surface area contributed by atoms with Gasteiger partial charge in [-0.05, 0) is 37.1 Å². The first kappa shape index (κ1) is 26.0. The standard InChI is InChI=1S/C26H33O8P/c1-26(2)33-23-22(11-8-16-30-35(4,27)31-18-19-9-6-5-7-10-19)32-25(24(23)34-26)29-17-20-12-14-21(28-3)15-13-20/h5-15,22-25H,16-18H2,1-4H3/b11-8-/t22-,23-,24?,25+,35?/m1/s1. The average Bonchev–Trinajstić information content (AvgIpc) is 3.33. The van der Waals surface area contributed by atoms with E-state index >= 15 is 0 Å². The lowest BCUT2D eigenvalue weighted by molar-refractivity contribution is -0.231. The number of fused-ring (bicyclic) bond motifs is 1. The number of methoxy groups -OCH3 is 1. The normalized spacial score (nSPS) is 27.1. The first-order valence-electron chi connectivity index (χ1n) is 11.6. The molecule has 0 N–H and O–H groups in total. The highest BCUT2D eigenvalue weighted by Crippen LogP contribution is 2.45. The van der Waals surface area contributed by atoms with Crippen molar-refractivity contribution in [2.24, 2.45) is 0 Å². The summed E-state index contributed by atoms with van der Waals surface area (Å²) in [6.07, 6.45) is 1.90. The molecule has 9 heteroatoms. The van der Waals surface area contributed by atoms with Crippen LogP contribution in [0, 0.1) is 0 Å². The topological polar surface area (TPSA) is 81.7 Å². The van der Waals surface area contributed by atoms with Gasteiger partial charge in [0.15, 0.2) is 12.1 Å². The number of rotatable bonds is 11. The van der Waals surface area contributed by atoms with Gasteiger partial charge in [-0.25, -0.2) is 0 Å². The third-order valence-corrected chi connectivity index (χ3v) is 6.88. The summed E-state index contributed by atoms with van der Waals surface area (Å²) >= 11 is 0. The van der Waals surface area contributed by atoms with E-state index < -0.39 is 25.8 Å². The van der Waals surface area contributed by atoms with Crippen LogP contribution in [-0.2, 0) is 45.8 Å². The molecule has 2 aliphatic rings. The lowest BCUT2D eigenvalue weighted by Crippen LogP contribution is -2.31. The Kier molecular flexibility index (Phi) is 8.45. The molecule has 4 rings (SSSR count). The summed E-state index contributed by atoms with van der Waals surface area (Å²) < 4.78 is 53.0. The molecule has 2 aromatic carbocycles. The summed E-state index contributed by atoms with van der Waals surface area (Å²) in [6, 6.07) is 17.2. The maximum atomic E-state index is 12.6. The van der Waals surface area contributed by atoms with E-state index in [0.29, 0.717) is 6.61 Å². The van der Waals surface area contributed by atoms with Crippen molar-refractivity contribution in [2.45, 2.75) is 57.5 Å². The highest BCUT2D eigenvalue weighted by Gasteiger charge is 2.55. The summed E-state index contributed by atoms with van der Waals surface area (Å²) in [4.78, 5) is 0. The molecular formula is C26H33O8P. The number of benzene rings is 2. The molecule has 0 aliphatic carbocycles. The van der Waals surface area contributed by atoms with Crippen molar-refractivity contribution in [1.29, 1.82) is 0 Å². The highest BCUT2D eigenvalue weighted by molar-refractivity contribution is 7.52. The van der Waals surface area contributed by atoms with Crippen molar-refractivity contribution in [2.75, 3.05) is 20.4 Å². The van der Waals surface area contributed by atoms with Crippen LogP contribution in [0.2, 0.25) is 0 Å². The van der Waals surface area contributed by atoms with Crippen LogP contribution in [0.15, 0.2) is 66.7 Å². The van der Waals surface area contributed by atoms with Crippen LogP contribution in [0.3, 0.4) is 0 Å². The minimum Gasteiger partial charge on any atom is -0.497 e. The fourth-order valence-electron chi connectivity index (χ4n) is 3.95. The Labute approximate surface area is 206 Å². The Morgan fingerprint density at radius 2 is 1.63 bits per heavy atom. The predicted molar refractivity (Wildman–Crippen MR) is 130 cm³/mol. The second-order valence-electron chi connectivity index (χ2n) is 8.95. The maximum absolute atomic E-state index is 12.6. The van der Waals surface area contributed by atoms with Crippen LogP contribution in [-0.4, -0.2) is 50.8 Å². The smallest absolute Gasteiger partial charge is 0.328 e. The average molecular weight is 505 g/mol. The first-order valence-corrected chi connectivity index (χ1v) is 13.6. The highest BCUT2D eigenvalue weighted by atomic mass is 31.2. The number of hydrogen-bond donors (Lipinski definition) is 0. The molecule has 5 atom stereocenters. The van der Waals surface area contributed by atoms with E-state index in [0.717, 1.165) is 16.9 Å². The minimum absolute atomic E-state index is 0.113. The first-order chi connectivity index (χ1) is 16.7. The van der Waals surface area contributed by atoms with Crippen LogP contribution in [0.1, 0.15) is 25.0 Å². The van der Waals surface area contributed by atoms with Crippen LogP contribution in [0.4, 0.5) is 0 Å². The molecule has 0 radical (unpaired) electrons. The van der Waals surface area contributed by atoms with Gasteiger partial charge in [-0.1, -0.05) is 54.6 Å². The zero-order chi connectivity index (χ0) is 24.9. The van der Waals surface area contributed by atoms with Gasteiger partial charge in [-0.2, -0.15) is 0 Å². The van der Waals surface area contributed by atoms with Crippen molar-refractivity contribution in [3.63, 3.8) is 0 Å². The molecule has 190 valence electrons. The van der Waals surface area contributed by atoms with Crippen LogP contribution in [0.5, 0.6) is 5.75 Å². The van der Waals surface area contributed by atoms with Gasteiger partial charge in [0.25, 0.3) is 0 Å². The van der Waals surface area contributed by atoms with E-state index in [1.54, 1.807) is 13.2 Å². The minimum atomic E-state index is -3.21. The Balaban J connectivity index is 1.29. The van der Waals surface area contributed by atoms with Gasteiger partial charge >= 0.3 is 7.60 Å². The van der Waals surface area contributed by atoms with Gasteiger partial charge < -0.3 is 32.7 Å². The zero-order valence-electron chi connectivity index (χ0n) is 20.5. The second kappa shape index (κ2) is 11.4. The van der Waals surface area contributed by atoms with E-state index in [4.69, 9.17) is 32.7 Å². The summed E-state index contributed by atoms with van der Waals surface area (Å²) in [6.45, 7) is 5.90. The van der Waals surface area contributed by atoms with E-state index in [-0.39, 0.29) is 25.4 Å². The molecule has 0 amide bonds. The fraction of sp³-hybridized carbons (Fsp3) is 0.462. The summed E-state index contributed by atoms with van der Waals surface area (Å²) in [5.41, 5.74) is 1.92. The number of hydrogen-bond acceptors (Lipinski definition) is 8. The van der Waals surface area contributed by atoms with Gasteiger partial charge in [-0.15, -0.1) is 0 Å². The summed E-state index contributed by atoms with van der Waals surface area (Å²) in [5, 5.41) is 0. The molecular weight excluding hydrogens is 471 g/mol. The van der Waals surface area contributed by atoms with Gasteiger partial charge in [-0.3, -0.25) is 4.57 Å². The summed E-state index contributed by atoms with van der Waals surface area (Å²) in [7, 11) is -1.57. The third kappa shape index (κ3) is 7.24. The van der Waals surface area contributed by atoms with Crippen LogP contribution < -0.4 is 4.74 Å². The van der Waals surface area contributed by atoms with E-state index in [2.05, 4.69) is 0 Å². The van der Waals surface area contributed by atoms with Crippen molar-refractivity contribution in [1.82, 2.24) is 0 Å². The Bertz CT molecular complexity index is 1020. The molecule has 2 saturated heterocycles. The fourth-order valence-corrected chi connectivity index (χ4v) is 4.77. The van der Waals surface area contributed by atoms with Crippen LogP contribution in [0.25, 0.3) is 0 Å². The van der Waals surface area contributed by atoms with Gasteiger partial charge in [0, 0.05) is 6.66 Å². The van der Waals surface area contributed by atoms with Crippen LogP contribution >= 0.6 is 7.60 Å². The molecule has 2 aliphatic heterocycles. The Hall–Kier alpha value is -2.03. The van der Waals surface area contributed by atoms with Gasteiger partial charge in [0.1, 0.15) is 24.1 Å². The van der Waals surface area contributed by atoms with Crippen molar-refractivity contribution in [3.8, 4) is 5.75 Å². The molecule has 0 bridgehead atoms. The lowest BCUT2D eigenvalue weighted by Gasteiger charge is -2.23. The maximum Gasteiger partial charge on any atom is 0.328 e. The number of ether oxygens (including phenoxy) is 5. The van der Waals surface area contributed by atoms with Gasteiger partial charge in [0.2, 0.25) is 0 Å². The SMILES string of the molecule is COc1ccc(CO[C@H]2O[C@H](/C=C\COP(C)(=O)OCc3ccccc3)[C@H]3OC(C)(C)OC23)cc1. The molecule has 2 fully saturated rings. The molecule has 8 nitrogen and oxygen atoms in total. The molecule has 2 unspecified atom stereocenters. The van der Waals surface area contributed by atoms with E-state index in [1.165, 1.54) is 6.66 Å². The van der Waals surface area contributed by atoms with Crippen molar-refractivity contribution < 1.29 is 37.3 Å². The van der Waals surface area contributed by atoms with E-state index in [9.17, 15) is 4.57 Å². The Morgan fingerprint density at radius 1 is 0.943 bits per heavy atom. The zero-order valence-corrected chi connectivity index (χ0v) is 21.4. The monoisotopic (exact) mass is 504 g/mol. The van der Waals surface area contributed by atoms with Gasteiger partial charge in [0.05, 0.1) is 26.9 Å².